The lowest BCUT2D eigenvalue weighted by Crippen LogP contribution is -2.33. The number of nitrogens with zero attached hydrogens (tertiary/aromatic N) is 1. The van der Waals surface area contributed by atoms with Crippen molar-refractivity contribution in [2.24, 2.45) is 5.73 Å². The number of halogens is 1. The highest BCUT2D eigenvalue weighted by molar-refractivity contribution is 6.30. The highest BCUT2D eigenvalue weighted by Crippen LogP contribution is 2.41. The maximum absolute atomic E-state index is 5.96. The van der Waals surface area contributed by atoms with Crippen LogP contribution in [0.3, 0.4) is 0 Å². The van der Waals surface area contributed by atoms with E-state index in [9.17, 15) is 0 Å². The first-order valence-corrected chi connectivity index (χ1v) is 10.2. The number of likely N-dealkylation sites (tertiary alicyclic amines) is 1. The van der Waals surface area contributed by atoms with Gasteiger partial charge in [-0.2, -0.15) is 0 Å². The van der Waals surface area contributed by atoms with Crippen molar-refractivity contribution in [1.82, 2.24) is 10.2 Å². The van der Waals surface area contributed by atoms with Gasteiger partial charge in [-0.25, -0.2) is 0 Å². The molecule has 2 aromatic carbocycles. The number of ether oxygens (including phenoxy) is 1. The summed E-state index contributed by atoms with van der Waals surface area (Å²) < 4.78 is 5.87. The molecule has 144 valence electrons. The van der Waals surface area contributed by atoms with Crippen molar-refractivity contribution in [3.63, 3.8) is 0 Å². The molecule has 1 aliphatic carbocycles. The van der Waals surface area contributed by atoms with Gasteiger partial charge in [0.05, 0.1) is 0 Å². The van der Waals surface area contributed by atoms with E-state index in [1.54, 1.807) is 0 Å². The normalized spacial score (nSPS) is 24.9. The van der Waals surface area contributed by atoms with Crippen LogP contribution in [0.4, 0.5) is 0 Å². The fourth-order valence-electron chi connectivity index (χ4n) is 3.82. The molecule has 27 heavy (non-hydrogen) atoms. The number of rotatable bonds is 8. The largest absolute Gasteiger partial charge is 0.489 e. The van der Waals surface area contributed by atoms with E-state index in [-0.39, 0.29) is 0 Å². The van der Waals surface area contributed by atoms with Crippen LogP contribution in [0.25, 0.3) is 0 Å². The lowest BCUT2D eigenvalue weighted by atomic mass is 10.1. The SMILES string of the molecule is N[C@@H]1CCN(CCN[C@H]2CC2c2ccc(OCc3ccc(Cl)cc3)cc2)C1. The molecule has 0 bridgehead atoms. The summed E-state index contributed by atoms with van der Waals surface area (Å²) in [5, 5.41) is 4.44. The van der Waals surface area contributed by atoms with E-state index in [4.69, 9.17) is 22.1 Å². The summed E-state index contributed by atoms with van der Waals surface area (Å²) in [6.45, 7) is 4.91. The van der Waals surface area contributed by atoms with Gasteiger partial charge in [0.15, 0.2) is 0 Å². The van der Waals surface area contributed by atoms with Crippen LogP contribution in [-0.2, 0) is 6.61 Å². The minimum Gasteiger partial charge on any atom is -0.489 e. The van der Waals surface area contributed by atoms with Gasteiger partial charge in [-0.3, -0.25) is 0 Å². The Balaban J connectivity index is 1.19. The summed E-state index contributed by atoms with van der Waals surface area (Å²) in [4.78, 5) is 2.46. The molecule has 3 N–H and O–H groups in total. The van der Waals surface area contributed by atoms with Crippen LogP contribution in [-0.4, -0.2) is 43.2 Å². The number of hydrogen-bond acceptors (Lipinski definition) is 4. The summed E-state index contributed by atoms with van der Waals surface area (Å²) in [6.07, 6.45) is 2.36. The zero-order valence-electron chi connectivity index (χ0n) is 15.6. The van der Waals surface area contributed by atoms with Gasteiger partial charge in [-0.15, -0.1) is 0 Å². The maximum atomic E-state index is 5.96. The molecule has 5 heteroatoms. The third-order valence-corrected chi connectivity index (χ3v) is 5.81. The van der Waals surface area contributed by atoms with Crippen LogP contribution in [0.2, 0.25) is 5.02 Å². The third kappa shape index (κ3) is 5.23. The van der Waals surface area contributed by atoms with Gasteiger partial charge in [0.2, 0.25) is 0 Å². The fraction of sp³-hybridized carbons (Fsp3) is 0.455. The second-order valence-corrected chi connectivity index (χ2v) is 8.17. The minimum absolute atomic E-state index is 0.374. The molecule has 0 radical (unpaired) electrons. The molecule has 1 unspecified atom stereocenters. The Labute approximate surface area is 166 Å². The molecule has 4 nitrogen and oxygen atoms in total. The predicted octanol–water partition coefficient (Wildman–Crippen LogP) is 3.40. The van der Waals surface area contributed by atoms with Crippen molar-refractivity contribution < 1.29 is 4.74 Å². The van der Waals surface area contributed by atoms with E-state index in [2.05, 4.69) is 34.5 Å². The highest BCUT2D eigenvalue weighted by Gasteiger charge is 2.37. The number of nitrogens with one attached hydrogen (secondary N) is 1. The summed E-state index contributed by atoms with van der Waals surface area (Å²) in [7, 11) is 0. The van der Waals surface area contributed by atoms with Crippen molar-refractivity contribution in [3.8, 4) is 5.75 Å². The first-order chi connectivity index (χ1) is 13.2. The fourth-order valence-corrected chi connectivity index (χ4v) is 3.95. The number of nitrogens with two attached hydrogens (primary N) is 1. The lowest BCUT2D eigenvalue weighted by molar-refractivity contribution is 0.306. The van der Waals surface area contributed by atoms with Crippen LogP contribution in [0, 0.1) is 0 Å². The molecule has 2 aliphatic rings. The smallest absolute Gasteiger partial charge is 0.119 e. The highest BCUT2D eigenvalue weighted by atomic mass is 35.5. The topological polar surface area (TPSA) is 50.5 Å². The molecule has 1 saturated heterocycles. The van der Waals surface area contributed by atoms with Crippen LogP contribution >= 0.6 is 11.6 Å². The zero-order chi connectivity index (χ0) is 18.6. The Hall–Kier alpha value is -1.59. The van der Waals surface area contributed by atoms with Crippen molar-refractivity contribution in [1.29, 1.82) is 0 Å². The molecule has 3 atom stereocenters. The van der Waals surface area contributed by atoms with Crippen LogP contribution in [0.5, 0.6) is 5.75 Å². The number of benzene rings is 2. The van der Waals surface area contributed by atoms with E-state index in [0.717, 1.165) is 48.9 Å². The Morgan fingerprint density at radius 3 is 2.59 bits per heavy atom. The second kappa shape index (κ2) is 8.61. The molecule has 1 heterocycles. The van der Waals surface area contributed by atoms with Crippen molar-refractivity contribution >= 4 is 11.6 Å². The standard InChI is InChI=1S/C22H28ClN3O/c23-18-5-1-16(2-6-18)15-27-20-7-3-17(4-8-20)21-13-22(21)25-10-12-26-11-9-19(24)14-26/h1-8,19,21-22,25H,9-15,24H2/t19-,21?,22+/m1/s1. The van der Waals surface area contributed by atoms with Crippen molar-refractivity contribution in [2.75, 3.05) is 26.2 Å². The Morgan fingerprint density at radius 1 is 1.11 bits per heavy atom. The third-order valence-electron chi connectivity index (χ3n) is 5.56. The van der Waals surface area contributed by atoms with Gasteiger partial charge in [0.25, 0.3) is 0 Å². The van der Waals surface area contributed by atoms with E-state index in [1.165, 1.54) is 12.0 Å². The molecule has 0 spiro atoms. The Bertz CT molecular complexity index is 734. The molecular weight excluding hydrogens is 358 g/mol. The number of hydrogen-bond donors (Lipinski definition) is 2. The van der Waals surface area contributed by atoms with Crippen LogP contribution in [0.1, 0.15) is 29.9 Å². The molecule has 4 rings (SSSR count). The Morgan fingerprint density at radius 2 is 1.89 bits per heavy atom. The zero-order valence-corrected chi connectivity index (χ0v) is 16.4. The molecule has 1 saturated carbocycles. The van der Waals surface area contributed by atoms with Gasteiger partial charge < -0.3 is 20.7 Å². The average Bonchev–Trinajstić information content (AvgIpc) is 3.34. The second-order valence-electron chi connectivity index (χ2n) is 7.74. The summed E-state index contributed by atoms with van der Waals surface area (Å²) >= 11 is 5.91. The molecule has 2 aromatic rings. The molecule has 0 aromatic heterocycles. The quantitative estimate of drug-likeness (QED) is 0.731. The summed E-state index contributed by atoms with van der Waals surface area (Å²) in [5.41, 5.74) is 8.48. The molecule has 2 fully saturated rings. The monoisotopic (exact) mass is 385 g/mol. The first-order valence-electron chi connectivity index (χ1n) is 9.86. The van der Waals surface area contributed by atoms with Crippen LogP contribution < -0.4 is 15.8 Å². The summed E-state index contributed by atoms with van der Waals surface area (Å²) in [5.74, 6) is 1.54. The predicted molar refractivity (Wildman–Crippen MR) is 110 cm³/mol. The first kappa shape index (κ1) is 18.8. The van der Waals surface area contributed by atoms with Gasteiger partial charge >= 0.3 is 0 Å². The van der Waals surface area contributed by atoms with Gasteiger partial charge in [-0.05, 0) is 54.8 Å². The van der Waals surface area contributed by atoms with Gasteiger partial charge in [0, 0.05) is 42.7 Å². The van der Waals surface area contributed by atoms with Crippen molar-refractivity contribution in [3.05, 3.63) is 64.7 Å². The maximum Gasteiger partial charge on any atom is 0.119 e. The van der Waals surface area contributed by atoms with E-state index >= 15 is 0 Å². The van der Waals surface area contributed by atoms with E-state index in [1.807, 2.05) is 24.3 Å². The molecular formula is C22H28ClN3O. The van der Waals surface area contributed by atoms with Crippen LogP contribution in [0.15, 0.2) is 48.5 Å². The van der Waals surface area contributed by atoms with Gasteiger partial charge in [-0.1, -0.05) is 35.9 Å². The molecule has 1 aliphatic heterocycles. The molecule has 0 amide bonds. The minimum atomic E-state index is 0.374. The van der Waals surface area contributed by atoms with E-state index < -0.39 is 0 Å². The summed E-state index contributed by atoms with van der Waals surface area (Å²) in [6, 6.07) is 17.3. The Kier molecular flexibility index (Phi) is 5.98. The van der Waals surface area contributed by atoms with Gasteiger partial charge in [0.1, 0.15) is 12.4 Å². The van der Waals surface area contributed by atoms with Crippen molar-refractivity contribution in [2.45, 2.75) is 37.5 Å². The lowest BCUT2D eigenvalue weighted by Gasteiger charge is -2.15. The average molecular weight is 386 g/mol. The van der Waals surface area contributed by atoms with E-state index in [0.29, 0.717) is 24.6 Å².